The zero-order valence-electron chi connectivity index (χ0n) is 9.48. The minimum atomic E-state index is -0.156. The normalized spacial score (nSPS) is 17.2. The fraction of sp³-hybridized carbons (Fsp3) is 0.286. The first-order valence-corrected chi connectivity index (χ1v) is 5.80. The fourth-order valence-electron chi connectivity index (χ4n) is 2.23. The van der Waals surface area contributed by atoms with Crippen molar-refractivity contribution in [3.05, 3.63) is 35.9 Å². The van der Waals surface area contributed by atoms with Crippen LogP contribution in [0, 0.1) is 0 Å². The Balaban J connectivity index is 2.19. The molecule has 17 heavy (non-hydrogen) atoms. The Labute approximate surface area is 99.5 Å². The molecule has 1 saturated carbocycles. The van der Waals surface area contributed by atoms with Crippen LogP contribution < -0.4 is 5.73 Å². The van der Waals surface area contributed by atoms with Crippen molar-refractivity contribution in [3.63, 3.8) is 0 Å². The van der Waals surface area contributed by atoms with Crippen molar-refractivity contribution in [2.45, 2.75) is 24.8 Å². The van der Waals surface area contributed by atoms with E-state index in [0.29, 0.717) is 6.42 Å². The molecule has 0 radical (unpaired) electrons. The molecule has 0 unspecified atom stereocenters. The lowest BCUT2D eigenvalue weighted by Gasteiger charge is -2.13. The van der Waals surface area contributed by atoms with Gasteiger partial charge in [0, 0.05) is 11.1 Å². The van der Waals surface area contributed by atoms with Gasteiger partial charge in [-0.2, -0.15) is 0 Å². The van der Waals surface area contributed by atoms with Crippen molar-refractivity contribution in [2.75, 3.05) is 0 Å². The van der Waals surface area contributed by atoms with E-state index in [9.17, 15) is 10.2 Å². The second-order valence-corrected chi connectivity index (χ2v) is 5.01. The lowest BCUT2D eigenvalue weighted by atomic mass is 9.97. The lowest BCUT2D eigenvalue weighted by molar-refractivity contribution is 0.464. The molecule has 0 atom stereocenters. The SMILES string of the molecule is NC1(Cc2c(O)ccc3ccc(O)cc23)CC1. The van der Waals surface area contributed by atoms with Gasteiger partial charge in [0.25, 0.3) is 0 Å². The summed E-state index contributed by atoms with van der Waals surface area (Å²) in [5.41, 5.74) is 6.79. The van der Waals surface area contributed by atoms with Crippen molar-refractivity contribution in [1.29, 1.82) is 0 Å². The molecular weight excluding hydrogens is 214 g/mol. The van der Waals surface area contributed by atoms with Crippen LogP contribution in [0.25, 0.3) is 10.8 Å². The Morgan fingerprint density at radius 1 is 1.12 bits per heavy atom. The van der Waals surface area contributed by atoms with Crippen LogP contribution in [-0.2, 0) is 6.42 Å². The van der Waals surface area contributed by atoms with Crippen LogP contribution in [0.5, 0.6) is 11.5 Å². The van der Waals surface area contributed by atoms with E-state index >= 15 is 0 Å². The molecule has 1 aliphatic carbocycles. The molecule has 3 nitrogen and oxygen atoms in total. The maximum Gasteiger partial charge on any atom is 0.119 e. The van der Waals surface area contributed by atoms with E-state index in [4.69, 9.17) is 5.73 Å². The number of rotatable bonds is 2. The van der Waals surface area contributed by atoms with Gasteiger partial charge in [-0.05, 0) is 48.2 Å². The molecule has 2 aromatic rings. The van der Waals surface area contributed by atoms with Gasteiger partial charge in [-0.15, -0.1) is 0 Å². The Morgan fingerprint density at radius 2 is 1.82 bits per heavy atom. The molecule has 0 bridgehead atoms. The number of phenols is 2. The summed E-state index contributed by atoms with van der Waals surface area (Å²) in [7, 11) is 0. The summed E-state index contributed by atoms with van der Waals surface area (Å²) in [5.74, 6) is 0.478. The van der Waals surface area contributed by atoms with E-state index in [2.05, 4.69) is 0 Å². The van der Waals surface area contributed by atoms with E-state index in [-0.39, 0.29) is 17.0 Å². The van der Waals surface area contributed by atoms with E-state index in [0.717, 1.165) is 29.2 Å². The molecule has 2 aromatic carbocycles. The minimum Gasteiger partial charge on any atom is -0.508 e. The van der Waals surface area contributed by atoms with E-state index in [1.165, 1.54) is 0 Å². The van der Waals surface area contributed by atoms with Crippen LogP contribution in [0.3, 0.4) is 0 Å². The second kappa shape index (κ2) is 3.37. The van der Waals surface area contributed by atoms with Gasteiger partial charge < -0.3 is 15.9 Å². The molecule has 4 N–H and O–H groups in total. The van der Waals surface area contributed by atoms with Gasteiger partial charge in [0.05, 0.1) is 0 Å². The Kier molecular flexibility index (Phi) is 2.07. The quantitative estimate of drug-likeness (QED) is 0.740. The highest BCUT2D eigenvalue weighted by molar-refractivity contribution is 5.89. The number of nitrogens with two attached hydrogens (primary N) is 1. The van der Waals surface area contributed by atoms with E-state index in [1.54, 1.807) is 18.2 Å². The number of hydrogen-bond donors (Lipinski definition) is 3. The predicted molar refractivity (Wildman–Crippen MR) is 67.1 cm³/mol. The molecule has 3 heteroatoms. The molecule has 3 rings (SSSR count). The standard InChI is InChI=1S/C14H15NO2/c15-14(5-6-14)8-12-11-7-10(16)3-1-9(11)2-4-13(12)17/h1-4,7,16-17H,5-6,8,15H2. The fourth-order valence-corrected chi connectivity index (χ4v) is 2.23. The van der Waals surface area contributed by atoms with Crippen molar-refractivity contribution < 1.29 is 10.2 Å². The highest BCUT2D eigenvalue weighted by atomic mass is 16.3. The van der Waals surface area contributed by atoms with Crippen molar-refractivity contribution in [2.24, 2.45) is 5.73 Å². The molecule has 0 aromatic heterocycles. The van der Waals surface area contributed by atoms with Gasteiger partial charge >= 0.3 is 0 Å². The highest BCUT2D eigenvalue weighted by Crippen LogP contribution is 2.40. The topological polar surface area (TPSA) is 66.5 Å². The monoisotopic (exact) mass is 229 g/mol. The minimum absolute atomic E-state index is 0.156. The third-order valence-electron chi connectivity index (χ3n) is 3.51. The van der Waals surface area contributed by atoms with Crippen LogP contribution in [0.2, 0.25) is 0 Å². The summed E-state index contributed by atoms with van der Waals surface area (Å²) in [5, 5.41) is 21.4. The molecule has 0 amide bonds. The van der Waals surface area contributed by atoms with Crippen molar-refractivity contribution >= 4 is 10.8 Å². The largest absolute Gasteiger partial charge is 0.508 e. The Morgan fingerprint density at radius 3 is 2.53 bits per heavy atom. The van der Waals surface area contributed by atoms with Gasteiger partial charge in [0.1, 0.15) is 11.5 Å². The maximum absolute atomic E-state index is 9.95. The average molecular weight is 229 g/mol. The average Bonchev–Trinajstić information content (AvgIpc) is 3.01. The third-order valence-corrected chi connectivity index (χ3v) is 3.51. The molecular formula is C14H15NO2. The predicted octanol–water partition coefficient (Wildman–Crippen LogP) is 2.28. The van der Waals surface area contributed by atoms with Crippen LogP contribution in [0.4, 0.5) is 0 Å². The number of hydrogen-bond acceptors (Lipinski definition) is 3. The summed E-state index contributed by atoms with van der Waals surface area (Å²) in [6, 6.07) is 8.74. The molecule has 0 aliphatic heterocycles. The first-order chi connectivity index (χ1) is 8.07. The van der Waals surface area contributed by atoms with Gasteiger partial charge in [-0.25, -0.2) is 0 Å². The van der Waals surface area contributed by atoms with Gasteiger partial charge in [-0.3, -0.25) is 0 Å². The number of aromatic hydroxyl groups is 2. The van der Waals surface area contributed by atoms with Crippen molar-refractivity contribution in [1.82, 2.24) is 0 Å². The first-order valence-electron chi connectivity index (χ1n) is 5.80. The molecule has 0 heterocycles. The highest BCUT2D eigenvalue weighted by Gasteiger charge is 2.39. The summed E-state index contributed by atoms with van der Waals surface area (Å²) >= 11 is 0. The first kappa shape index (κ1) is 10.4. The number of fused-ring (bicyclic) bond motifs is 1. The second-order valence-electron chi connectivity index (χ2n) is 5.01. The summed E-state index contributed by atoms with van der Waals surface area (Å²) in [6.07, 6.45) is 2.67. The summed E-state index contributed by atoms with van der Waals surface area (Å²) in [6.45, 7) is 0. The molecule has 1 aliphatic rings. The van der Waals surface area contributed by atoms with Crippen LogP contribution in [0.15, 0.2) is 30.3 Å². The smallest absolute Gasteiger partial charge is 0.119 e. The molecule has 0 saturated heterocycles. The summed E-state index contributed by atoms with van der Waals surface area (Å²) in [4.78, 5) is 0. The number of phenolic OH excluding ortho intramolecular Hbond substituents is 2. The lowest BCUT2D eigenvalue weighted by Crippen LogP contribution is -2.24. The zero-order chi connectivity index (χ0) is 12.0. The molecule has 88 valence electrons. The molecule has 1 fully saturated rings. The summed E-state index contributed by atoms with van der Waals surface area (Å²) < 4.78 is 0. The number of benzene rings is 2. The van der Waals surface area contributed by atoms with Crippen LogP contribution in [0.1, 0.15) is 18.4 Å². The Bertz CT molecular complexity index is 583. The van der Waals surface area contributed by atoms with Crippen LogP contribution >= 0.6 is 0 Å². The van der Waals surface area contributed by atoms with Gasteiger partial charge in [-0.1, -0.05) is 12.1 Å². The molecule has 0 spiro atoms. The third kappa shape index (κ3) is 1.83. The van der Waals surface area contributed by atoms with Crippen molar-refractivity contribution in [3.8, 4) is 11.5 Å². The van der Waals surface area contributed by atoms with E-state index < -0.39 is 0 Å². The zero-order valence-corrected chi connectivity index (χ0v) is 9.48. The van der Waals surface area contributed by atoms with E-state index in [1.807, 2.05) is 12.1 Å². The Hall–Kier alpha value is -1.74. The van der Waals surface area contributed by atoms with Gasteiger partial charge in [0.2, 0.25) is 0 Å². The van der Waals surface area contributed by atoms with Crippen LogP contribution in [-0.4, -0.2) is 15.8 Å². The maximum atomic E-state index is 9.95. The van der Waals surface area contributed by atoms with Gasteiger partial charge in [0.15, 0.2) is 0 Å².